The minimum absolute atomic E-state index is 0.522. The van der Waals surface area contributed by atoms with E-state index in [9.17, 15) is 0 Å². The van der Waals surface area contributed by atoms with Gasteiger partial charge >= 0.3 is 0 Å². The van der Waals surface area contributed by atoms with Gasteiger partial charge in [-0.3, -0.25) is 0 Å². The molecule has 5 nitrogen and oxygen atoms in total. The summed E-state index contributed by atoms with van der Waals surface area (Å²) >= 11 is 0. The van der Waals surface area contributed by atoms with Crippen molar-refractivity contribution < 1.29 is 0 Å². The van der Waals surface area contributed by atoms with Gasteiger partial charge in [-0.25, -0.2) is 15.0 Å². The van der Waals surface area contributed by atoms with E-state index in [1.807, 2.05) is 74.5 Å². The molecule has 3 aromatic carbocycles. The van der Waals surface area contributed by atoms with Gasteiger partial charge in [-0.2, -0.15) is 5.26 Å². The minimum Gasteiger partial charge on any atom is -0.337 e. The van der Waals surface area contributed by atoms with Gasteiger partial charge in [0.25, 0.3) is 0 Å². The second-order valence-electron chi connectivity index (χ2n) is 6.85. The highest BCUT2D eigenvalue weighted by atomic mass is 15.2. The third-order valence-corrected chi connectivity index (χ3v) is 4.50. The third-order valence-electron chi connectivity index (χ3n) is 4.50. The number of aryl methyl sites for hydroxylation is 2. The maximum atomic E-state index is 9.01. The Labute approximate surface area is 169 Å². The molecule has 0 unspecified atom stereocenters. The SMILES string of the molecule is Cc1ccc(N=C2N=C(c3ccc(C#N)cc3)N=C2Nc2ccc(C)cc2)cc1. The highest BCUT2D eigenvalue weighted by Gasteiger charge is 2.20. The number of amidine groups is 3. The first-order chi connectivity index (χ1) is 14.1. The van der Waals surface area contributed by atoms with Crippen LogP contribution in [-0.4, -0.2) is 17.5 Å². The molecule has 0 aliphatic carbocycles. The van der Waals surface area contributed by atoms with Gasteiger partial charge in [0.15, 0.2) is 17.5 Å². The third kappa shape index (κ3) is 4.28. The zero-order chi connectivity index (χ0) is 20.2. The Morgan fingerprint density at radius 3 is 2.03 bits per heavy atom. The van der Waals surface area contributed by atoms with E-state index in [2.05, 4.69) is 26.4 Å². The highest BCUT2D eigenvalue weighted by molar-refractivity contribution is 6.51. The predicted molar refractivity (Wildman–Crippen MR) is 118 cm³/mol. The Morgan fingerprint density at radius 2 is 1.41 bits per heavy atom. The van der Waals surface area contributed by atoms with Crippen LogP contribution < -0.4 is 5.32 Å². The van der Waals surface area contributed by atoms with E-state index in [1.165, 1.54) is 11.1 Å². The summed E-state index contributed by atoms with van der Waals surface area (Å²) in [5.41, 5.74) is 5.53. The lowest BCUT2D eigenvalue weighted by Gasteiger charge is -2.06. The second-order valence-corrected chi connectivity index (χ2v) is 6.85. The number of nitriles is 1. The summed E-state index contributed by atoms with van der Waals surface area (Å²) in [5, 5.41) is 12.3. The summed E-state index contributed by atoms with van der Waals surface area (Å²) in [4.78, 5) is 14.0. The number of nitrogens with zero attached hydrogens (tertiary/aromatic N) is 4. The maximum absolute atomic E-state index is 9.01. The van der Waals surface area contributed by atoms with Crippen molar-refractivity contribution in [3.05, 3.63) is 95.1 Å². The summed E-state index contributed by atoms with van der Waals surface area (Å²) in [5.74, 6) is 1.68. The standard InChI is InChI=1S/C24H19N5/c1-16-3-11-20(12-4-16)26-23-24(27-21-13-5-17(2)6-14-21)29-22(28-23)19-9-7-18(15-25)8-10-19/h3-14H,1-2H3,(H,26,27,28,29). The van der Waals surface area contributed by atoms with Crippen LogP contribution in [0, 0.1) is 25.2 Å². The van der Waals surface area contributed by atoms with Crippen LogP contribution >= 0.6 is 0 Å². The lowest BCUT2D eigenvalue weighted by molar-refractivity contribution is 1.42. The molecule has 0 saturated heterocycles. The van der Waals surface area contributed by atoms with Crippen LogP contribution in [-0.2, 0) is 0 Å². The van der Waals surface area contributed by atoms with Crippen LogP contribution in [0.25, 0.3) is 0 Å². The van der Waals surface area contributed by atoms with Crippen molar-refractivity contribution in [2.24, 2.45) is 15.0 Å². The number of rotatable bonds is 3. The number of hydrogen-bond acceptors (Lipinski definition) is 4. The molecule has 0 radical (unpaired) electrons. The molecule has 0 spiro atoms. The summed E-state index contributed by atoms with van der Waals surface area (Å²) in [6.07, 6.45) is 0. The molecular formula is C24H19N5. The number of hydrogen-bond donors (Lipinski definition) is 1. The molecule has 1 aliphatic rings. The van der Waals surface area contributed by atoms with Gasteiger partial charge in [0.05, 0.1) is 17.3 Å². The lowest BCUT2D eigenvalue weighted by Crippen LogP contribution is -2.18. The molecule has 4 rings (SSSR count). The smallest absolute Gasteiger partial charge is 0.198 e. The van der Waals surface area contributed by atoms with Crippen LogP contribution in [0.5, 0.6) is 0 Å². The minimum atomic E-state index is 0.522. The van der Waals surface area contributed by atoms with Crippen molar-refractivity contribution in [2.45, 2.75) is 13.8 Å². The zero-order valence-corrected chi connectivity index (χ0v) is 16.2. The molecular weight excluding hydrogens is 358 g/mol. The Kier molecular flexibility index (Phi) is 5.00. The molecule has 1 aliphatic heterocycles. The number of anilines is 1. The molecule has 5 heteroatoms. The van der Waals surface area contributed by atoms with Gasteiger partial charge in [-0.05, 0) is 62.4 Å². The molecule has 0 saturated carbocycles. The van der Waals surface area contributed by atoms with Crippen LogP contribution in [0.2, 0.25) is 0 Å². The first-order valence-electron chi connectivity index (χ1n) is 9.28. The van der Waals surface area contributed by atoms with Crippen LogP contribution in [0.3, 0.4) is 0 Å². The highest BCUT2D eigenvalue weighted by Crippen LogP contribution is 2.19. The van der Waals surface area contributed by atoms with E-state index in [1.54, 1.807) is 12.1 Å². The van der Waals surface area contributed by atoms with E-state index in [0.717, 1.165) is 16.9 Å². The van der Waals surface area contributed by atoms with Gasteiger partial charge < -0.3 is 5.32 Å². The fraction of sp³-hybridized carbons (Fsp3) is 0.0833. The monoisotopic (exact) mass is 377 g/mol. The van der Waals surface area contributed by atoms with E-state index in [0.29, 0.717) is 23.1 Å². The lowest BCUT2D eigenvalue weighted by atomic mass is 10.1. The zero-order valence-electron chi connectivity index (χ0n) is 16.2. The molecule has 1 N–H and O–H groups in total. The first kappa shape index (κ1) is 18.3. The van der Waals surface area contributed by atoms with Crippen molar-refractivity contribution in [1.29, 1.82) is 5.26 Å². The fourth-order valence-electron chi connectivity index (χ4n) is 2.83. The van der Waals surface area contributed by atoms with E-state index in [-0.39, 0.29) is 0 Å². The van der Waals surface area contributed by atoms with Gasteiger partial charge in [0, 0.05) is 11.3 Å². The van der Waals surface area contributed by atoms with Crippen LogP contribution in [0.4, 0.5) is 11.4 Å². The average molecular weight is 377 g/mol. The van der Waals surface area contributed by atoms with Crippen molar-refractivity contribution in [2.75, 3.05) is 5.32 Å². The van der Waals surface area contributed by atoms with Crippen LogP contribution in [0.1, 0.15) is 22.3 Å². The molecule has 140 valence electrons. The van der Waals surface area contributed by atoms with Crippen molar-refractivity contribution in [3.8, 4) is 6.07 Å². The second kappa shape index (κ2) is 7.91. The molecule has 0 fully saturated rings. The quantitative estimate of drug-likeness (QED) is 0.683. The Bertz CT molecular complexity index is 1160. The van der Waals surface area contributed by atoms with E-state index >= 15 is 0 Å². The number of nitrogens with one attached hydrogen (secondary N) is 1. The number of aliphatic imine (C=N–C) groups is 3. The van der Waals surface area contributed by atoms with Gasteiger partial charge in [-0.1, -0.05) is 35.4 Å². The normalized spacial score (nSPS) is 14.3. The molecule has 3 aromatic rings. The van der Waals surface area contributed by atoms with E-state index < -0.39 is 0 Å². The van der Waals surface area contributed by atoms with Gasteiger partial charge in [-0.15, -0.1) is 0 Å². The average Bonchev–Trinajstić information content (AvgIpc) is 3.13. The van der Waals surface area contributed by atoms with E-state index in [4.69, 9.17) is 5.26 Å². The topological polar surface area (TPSA) is 72.9 Å². The Balaban J connectivity index is 1.71. The molecule has 0 atom stereocenters. The van der Waals surface area contributed by atoms with Crippen molar-refractivity contribution in [3.63, 3.8) is 0 Å². The Morgan fingerprint density at radius 1 is 0.793 bits per heavy atom. The molecule has 0 bridgehead atoms. The molecule has 0 amide bonds. The molecule has 1 heterocycles. The predicted octanol–water partition coefficient (Wildman–Crippen LogP) is 5.18. The molecule has 0 aromatic heterocycles. The summed E-state index contributed by atoms with van der Waals surface area (Å²) in [6.45, 7) is 4.09. The van der Waals surface area contributed by atoms with Gasteiger partial charge in [0.1, 0.15) is 0 Å². The van der Waals surface area contributed by atoms with Crippen molar-refractivity contribution in [1.82, 2.24) is 0 Å². The maximum Gasteiger partial charge on any atom is 0.198 e. The first-order valence-corrected chi connectivity index (χ1v) is 9.28. The largest absolute Gasteiger partial charge is 0.337 e. The van der Waals surface area contributed by atoms with Crippen molar-refractivity contribution >= 4 is 28.9 Å². The summed E-state index contributed by atoms with van der Waals surface area (Å²) < 4.78 is 0. The van der Waals surface area contributed by atoms with Crippen LogP contribution in [0.15, 0.2) is 87.8 Å². The summed E-state index contributed by atoms with van der Waals surface area (Å²) in [6, 6.07) is 25.4. The molecule has 29 heavy (non-hydrogen) atoms. The summed E-state index contributed by atoms with van der Waals surface area (Å²) in [7, 11) is 0. The number of benzene rings is 3. The Hall–Kier alpha value is -4.04. The fourth-order valence-corrected chi connectivity index (χ4v) is 2.83. The van der Waals surface area contributed by atoms with Gasteiger partial charge in [0.2, 0.25) is 0 Å².